The second kappa shape index (κ2) is 9.94. The van der Waals surface area contributed by atoms with Crippen molar-refractivity contribution >= 4 is 81.5 Å². The van der Waals surface area contributed by atoms with Crippen LogP contribution in [-0.4, -0.2) is 42.6 Å². The molecule has 0 heterocycles. The molecule has 0 bridgehead atoms. The number of aliphatic carboxylic acids is 1. The lowest BCUT2D eigenvalue weighted by Crippen LogP contribution is -2.43. The molecule has 0 aromatic rings. The van der Waals surface area contributed by atoms with Crippen LogP contribution in [-0.2, 0) is 9.59 Å². The summed E-state index contributed by atoms with van der Waals surface area (Å²) in [5.41, 5.74) is 0. The Morgan fingerprint density at radius 2 is 1.50 bits per heavy atom. The third-order valence-corrected chi connectivity index (χ3v) is 5.78. The molecule has 0 aliphatic rings. The van der Waals surface area contributed by atoms with Crippen molar-refractivity contribution in [3.63, 3.8) is 0 Å². The third-order valence-electron chi connectivity index (χ3n) is 3.54. The molecule has 0 unspecified atom stereocenters. The highest BCUT2D eigenvalue weighted by molar-refractivity contribution is 6.68. The average Bonchev–Trinajstić information content (AvgIpc) is 2.40. The number of amides is 1. The topological polar surface area (TPSA) is 57.6 Å². The first-order chi connectivity index (χ1) is 10.7. The lowest BCUT2D eigenvalue weighted by molar-refractivity contribution is -0.148. The largest absolute Gasteiger partial charge is 0.480 e. The molecule has 1 N–H and O–H groups in total. The number of carboxylic acid groups (broad SMARTS) is 1. The molecule has 0 spiro atoms. The zero-order valence-corrected chi connectivity index (χ0v) is 17.8. The Morgan fingerprint density at radius 1 is 1.04 bits per heavy atom. The van der Waals surface area contributed by atoms with Crippen LogP contribution in [0.15, 0.2) is 12.2 Å². The summed E-state index contributed by atoms with van der Waals surface area (Å²) >= 11 is 34.5. The molecule has 0 aliphatic carbocycles. The Bertz CT molecular complexity index is 472. The normalized spacial score (nSPS) is 16.7. The van der Waals surface area contributed by atoms with Crippen molar-refractivity contribution in [1.29, 1.82) is 0 Å². The molecule has 0 aromatic heterocycles. The van der Waals surface area contributed by atoms with Crippen molar-refractivity contribution in [3.05, 3.63) is 12.2 Å². The van der Waals surface area contributed by atoms with Crippen LogP contribution in [0.2, 0.25) is 0 Å². The molecule has 140 valence electrons. The molecule has 0 aliphatic heterocycles. The van der Waals surface area contributed by atoms with Crippen LogP contribution in [0.5, 0.6) is 0 Å². The second-order valence-corrected chi connectivity index (χ2v) is 10.3. The Morgan fingerprint density at radius 3 is 1.88 bits per heavy atom. The maximum atomic E-state index is 12.1. The fourth-order valence-electron chi connectivity index (χ4n) is 1.67. The van der Waals surface area contributed by atoms with Crippen LogP contribution in [0.25, 0.3) is 0 Å². The van der Waals surface area contributed by atoms with Gasteiger partial charge in [-0.3, -0.25) is 4.79 Å². The number of halogens is 6. The molecule has 0 saturated heterocycles. The highest BCUT2D eigenvalue weighted by Gasteiger charge is 2.35. The van der Waals surface area contributed by atoms with Gasteiger partial charge in [0, 0.05) is 18.9 Å². The molecular formula is C14H19Cl6NO3. The van der Waals surface area contributed by atoms with E-state index in [-0.39, 0.29) is 12.3 Å². The van der Waals surface area contributed by atoms with E-state index in [2.05, 4.69) is 0 Å². The summed E-state index contributed by atoms with van der Waals surface area (Å²) in [6.45, 7) is 3.31. The number of alkyl halides is 6. The van der Waals surface area contributed by atoms with E-state index in [1.165, 1.54) is 19.2 Å². The molecule has 0 fully saturated rings. The predicted molar refractivity (Wildman–Crippen MR) is 101 cm³/mol. The summed E-state index contributed by atoms with van der Waals surface area (Å²) in [6.07, 6.45) is 3.11. The van der Waals surface area contributed by atoms with Gasteiger partial charge >= 0.3 is 5.97 Å². The van der Waals surface area contributed by atoms with Gasteiger partial charge in [0.25, 0.3) is 0 Å². The van der Waals surface area contributed by atoms with Gasteiger partial charge in [0.1, 0.15) is 6.04 Å². The Balaban J connectivity index is 4.90. The molecule has 3 atom stereocenters. The minimum absolute atomic E-state index is 0.00747. The zero-order chi connectivity index (χ0) is 19.3. The number of rotatable bonds is 7. The van der Waals surface area contributed by atoms with E-state index >= 15 is 0 Å². The molecule has 24 heavy (non-hydrogen) atoms. The molecule has 10 heteroatoms. The van der Waals surface area contributed by atoms with Crippen molar-refractivity contribution in [2.45, 2.75) is 40.3 Å². The molecule has 4 nitrogen and oxygen atoms in total. The maximum absolute atomic E-state index is 12.1. The van der Waals surface area contributed by atoms with E-state index in [1.54, 1.807) is 13.8 Å². The second-order valence-electron chi connectivity index (χ2n) is 5.56. The van der Waals surface area contributed by atoms with Crippen LogP contribution < -0.4 is 0 Å². The first-order valence-electron chi connectivity index (χ1n) is 6.97. The van der Waals surface area contributed by atoms with Gasteiger partial charge in [0.2, 0.25) is 5.91 Å². The van der Waals surface area contributed by atoms with Crippen molar-refractivity contribution in [2.75, 3.05) is 7.05 Å². The SMILES string of the molecule is C[C@@H](C/C=C/C(=O)N(C)[C@@H](C[C@H](C)C(Cl)(Cl)Cl)C(=O)O)C(Cl)(Cl)Cl. The predicted octanol–water partition coefficient (Wildman–Crippen LogP) is 5.25. The summed E-state index contributed by atoms with van der Waals surface area (Å²) in [4.78, 5) is 24.6. The lowest BCUT2D eigenvalue weighted by Gasteiger charge is -2.29. The zero-order valence-electron chi connectivity index (χ0n) is 13.3. The number of carboxylic acids is 1. The smallest absolute Gasteiger partial charge is 0.326 e. The standard InChI is InChI=1S/C14H19Cl6NO3/c1-8(13(15,16)17)5-4-6-11(22)21(3)10(12(23)24)7-9(2)14(18,19)20/h4,6,8-10H,5,7H2,1-3H3,(H,23,24)/b6-4+/t8-,9-,10-/m0/s1. The van der Waals surface area contributed by atoms with Crippen LogP contribution in [0.1, 0.15) is 26.7 Å². The minimum Gasteiger partial charge on any atom is -0.480 e. The van der Waals surface area contributed by atoms with Crippen LogP contribution in [0.4, 0.5) is 0 Å². The number of nitrogens with zero attached hydrogens (tertiary/aromatic N) is 1. The molecular weight excluding hydrogens is 443 g/mol. The van der Waals surface area contributed by atoms with Gasteiger partial charge in [-0.2, -0.15) is 0 Å². The first-order valence-corrected chi connectivity index (χ1v) is 9.24. The number of hydrogen-bond donors (Lipinski definition) is 1. The summed E-state index contributed by atoms with van der Waals surface area (Å²) in [5.74, 6) is -2.56. The molecule has 0 rings (SSSR count). The number of likely N-dealkylation sites (N-methyl/N-ethyl adjacent to an activating group) is 1. The molecule has 0 radical (unpaired) electrons. The Kier molecular flexibility index (Phi) is 10.1. The summed E-state index contributed by atoms with van der Waals surface area (Å²) < 4.78 is -3.06. The van der Waals surface area contributed by atoms with Crippen LogP contribution in [0, 0.1) is 11.8 Å². The number of carbonyl (C=O) groups is 2. The molecule has 0 aromatic carbocycles. The molecule has 1 amide bonds. The number of hydrogen-bond acceptors (Lipinski definition) is 2. The van der Waals surface area contributed by atoms with Gasteiger partial charge in [0.15, 0.2) is 7.59 Å². The van der Waals surface area contributed by atoms with E-state index < -0.39 is 31.4 Å². The van der Waals surface area contributed by atoms with Gasteiger partial charge in [-0.05, 0) is 18.9 Å². The summed E-state index contributed by atoms with van der Waals surface area (Å²) in [5, 5.41) is 9.33. The number of carbonyl (C=O) groups excluding carboxylic acids is 1. The van der Waals surface area contributed by atoms with Gasteiger partial charge in [-0.15, -0.1) is 0 Å². The van der Waals surface area contributed by atoms with Crippen molar-refractivity contribution in [1.82, 2.24) is 4.90 Å². The van der Waals surface area contributed by atoms with E-state index in [9.17, 15) is 14.7 Å². The Hall–Kier alpha value is 0.420. The van der Waals surface area contributed by atoms with Crippen molar-refractivity contribution in [3.8, 4) is 0 Å². The minimum atomic E-state index is -1.62. The van der Waals surface area contributed by atoms with Gasteiger partial charge in [-0.1, -0.05) is 89.5 Å². The first kappa shape index (κ1) is 24.4. The van der Waals surface area contributed by atoms with Crippen LogP contribution in [0.3, 0.4) is 0 Å². The summed E-state index contributed by atoms with van der Waals surface area (Å²) in [7, 11) is 1.37. The van der Waals surface area contributed by atoms with Gasteiger partial charge < -0.3 is 10.0 Å². The van der Waals surface area contributed by atoms with E-state index in [1.807, 2.05) is 0 Å². The van der Waals surface area contributed by atoms with Crippen molar-refractivity contribution < 1.29 is 14.7 Å². The summed E-state index contributed by atoms with van der Waals surface area (Å²) in [6, 6.07) is -1.13. The van der Waals surface area contributed by atoms with Crippen LogP contribution >= 0.6 is 69.6 Å². The lowest BCUT2D eigenvalue weighted by atomic mass is 10.0. The maximum Gasteiger partial charge on any atom is 0.326 e. The fourth-order valence-corrected chi connectivity index (χ4v) is 2.21. The van der Waals surface area contributed by atoms with E-state index in [0.717, 1.165) is 4.90 Å². The van der Waals surface area contributed by atoms with Gasteiger partial charge in [-0.25, -0.2) is 4.79 Å². The van der Waals surface area contributed by atoms with E-state index in [4.69, 9.17) is 69.6 Å². The third kappa shape index (κ3) is 8.68. The average molecular weight is 462 g/mol. The fraction of sp³-hybridized carbons (Fsp3) is 0.714. The van der Waals surface area contributed by atoms with Crippen molar-refractivity contribution in [2.24, 2.45) is 11.8 Å². The quantitative estimate of drug-likeness (QED) is 0.416. The van der Waals surface area contributed by atoms with Gasteiger partial charge in [0.05, 0.1) is 0 Å². The monoisotopic (exact) mass is 459 g/mol. The highest BCUT2D eigenvalue weighted by atomic mass is 35.6. The Labute approximate surface area is 171 Å². The molecule has 0 saturated carbocycles. The number of allylic oxidation sites excluding steroid dienone is 1. The highest BCUT2D eigenvalue weighted by Crippen LogP contribution is 2.38. The van der Waals surface area contributed by atoms with E-state index in [0.29, 0.717) is 6.42 Å².